The number of fused-ring (bicyclic) bond motifs is 7. The number of benzene rings is 4. The van der Waals surface area contributed by atoms with E-state index in [0.717, 1.165) is 5.69 Å². The smallest absolute Gasteiger partial charge is 0.155 e. The molecular formula is C31H25IrN3O2-2. The Balaban J connectivity index is 0.000000313. The molecule has 2 aromatic heterocycles. The molecule has 1 N–H and O–H groups in total. The number of carbonyl (C=O) groups is 1. The first-order chi connectivity index (χ1) is 17.4. The Morgan fingerprint density at radius 1 is 0.865 bits per heavy atom. The van der Waals surface area contributed by atoms with E-state index in [1.165, 1.54) is 69.4 Å². The number of allylic oxidation sites excluding steroid dienone is 2. The standard InChI is InChI=1S/C26H17N3.C5H8O2.Ir/c1-27-16-28(25-13-7-6-12-24(25)27)17-14-20-18-8-2-4-10-22(18)29-23-11-5-3-9-19(23)21(15-17)26(20)29;1-4(6)3-5(2)7;/h2-14,16H,1H3;3,6H,1-2H3;/q-2;;/b;4-3-;. The first kappa shape index (κ1) is 24.8. The van der Waals surface area contributed by atoms with Crippen molar-refractivity contribution in [1.82, 2.24) is 4.40 Å². The third-order valence-electron chi connectivity index (χ3n) is 6.58. The van der Waals surface area contributed by atoms with Gasteiger partial charge in [0.25, 0.3) is 0 Å². The Morgan fingerprint density at radius 2 is 1.46 bits per heavy atom. The van der Waals surface area contributed by atoms with Gasteiger partial charge in [-0.2, -0.15) is 6.67 Å². The summed E-state index contributed by atoms with van der Waals surface area (Å²) in [6.45, 7) is 5.00. The van der Waals surface area contributed by atoms with E-state index in [0.29, 0.717) is 0 Å². The quantitative estimate of drug-likeness (QED) is 0.119. The first-order valence-corrected chi connectivity index (χ1v) is 11.9. The van der Waals surface area contributed by atoms with Gasteiger partial charge < -0.3 is 19.3 Å². The van der Waals surface area contributed by atoms with Gasteiger partial charge in [0.2, 0.25) is 0 Å². The van der Waals surface area contributed by atoms with E-state index in [-0.39, 0.29) is 31.6 Å². The SMILES string of the molecule is CC(=O)/C=C(/C)O.CN1[CH-]N(c2[c-]c3c4ccccc4n4c5ccccc5c(c2)c34)c2ccccc21.[Ir]. The molecule has 0 saturated carbocycles. The summed E-state index contributed by atoms with van der Waals surface area (Å²) >= 11 is 0. The summed E-state index contributed by atoms with van der Waals surface area (Å²) in [6, 6.07) is 31.9. The van der Waals surface area contributed by atoms with Crippen molar-refractivity contribution >= 4 is 60.9 Å². The molecule has 1 radical (unpaired) electrons. The van der Waals surface area contributed by atoms with E-state index >= 15 is 0 Å². The van der Waals surface area contributed by atoms with Gasteiger partial charge in [-0.25, -0.2) is 0 Å². The van der Waals surface area contributed by atoms with Crippen LogP contribution in [0.25, 0.3) is 38.1 Å². The summed E-state index contributed by atoms with van der Waals surface area (Å²) in [7, 11) is 2.09. The molecule has 0 atom stereocenters. The minimum Gasteiger partial charge on any atom is -0.512 e. The van der Waals surface area contributed by atoms with Crippen molar-refractivity contribution in [2.75, 3.05) is 16.8 Å². The second-order valence-electron chi connectivity index (χ2n) is 9.14. The topological polar surface area (TPSA) is 48.2 Å². The second-order valence-corrected chi connectivity index (χ2v) is 9.14. The van der Waals surface area contributed by atoms with Crippen molar-refractivity contribution in [3.8, 4) is 0 Å². The number of nitrogens with zero attached hydrogens (tertiary/aromatic N) is 3. The molecule has 6 heteroatoms. The molecule has 4 aromatic carbocycles. The summed E-state index contributed by atoms with van der Waals surface area (Å²) in [4.78, 5) is 14.4. The number of aliphatic hydroxyl groups excluding tert-OH is 1. The Kier molecular flexibility index (Phi) is 6.40. The molecule has 37 heavy (non-hydrogen) atoms. The van der Waals surface area contributed by atoms with Gasteiger partial charge >= 0.3 is 0 Å². The Labute approximate surface area is 228 Å². The molecule has 6 aromatic rings. The Morgan fingerprint density at radius 3 is 2.11 bits per heavy atom. The largest absolute Gasteiger partial charge is 0.512 e. The fourth-order valence-electron chi connectivity index (χ4n) is 5.22. The number of rotatable bonds is 2. The van der Waals surface area contributed by atoms with E-state index in [9.17, 15) is 4.79 Å². The van der Waals surface area contributed by atoms with Gasteiger partial charge in [0.1, 0.15) is 0 Å². The zero-order chi connectivity index (χ0) is 25.0. The maximum Gasteiger partial charge on any atom is 0.155 e. The van der Waals surface area contributed by atoms with E-state index in [1.807, 2.05) is 0 Å². The number of carbonyl (C=O) groups excluding carboxylic acids is 1. The van der Waals surface area contributed by atoms with E-state index in [4.69, 9.17) is 5.11 Å². The van der Waals surface area contributed by atoms with Crippen molar-refractivity contribution in [2.45, 2.75) is 13.8 Å². The van der Waals surface area contributed by atoms with Crippen LogP contribution in [0, 0.1) is 12.7 Å². The maximum atomic E-state index is 10.0. The van der Waals surface area contributed by atoms with Gasteiger partial charge in [0.05, 0.1) is 5.76 Å². The third kappa shape index (κ3) is 4.03. The van der Waals surface area contributed by atoms with Crippen LogP contribution in [0.3, 0.4) is 0 Å². The number of aliphatic hydroxyl groups is 1. The van der Waals surface area contributed by atoms with Crippen LogP contribution in [0.4, 0.5) is 17.1 Å². The number of para-hydroxylation sites is 4. The van der Waals surface area contributed by atoms with Gasteiger partial charge in [-0.1, -0.05) is 65.0 Å². The Hall–Kier alpha value is -3.86. The zero-order valence-electron chi connectivity index (χ0n) is 20.7. The molecule has 0 spiro atoms. The number of hydrogen-bond donors (Lipinski definition) is 1. The molecule has 0 unspecified atom stereocenters. The number of hydrogen-bond acceptors (Lipinski definition) is 4. The fraction of sp³-hybridized carbons (Fsp3) is 0.0968. The molecule has 0 bridgehead atoms. The van der Waals surface area contributed by atoms with Crippen LogP contribution < -0.4 is 9.80 Å². The fourth-order valence-corrected chi connectivity index (χ4v) is 5.22. The minimum atomic E-state index is -0.125. The molecule has 7 rings (SSSR count). The predicted octanol–water partition coefficient (Wildman–Crippen LogP) is 7.38. The average molecular weight is 664 g/mol. The summed E-state index contributed by atoms with van der Waals surface area (Å²) in [5.41, 5.74) is 7.22. The monoisotopic (exact) mass is 664 g/mol. The van der Waals surface area contributed by atoms with E-state index in [2.05, 4.69) is 113 Å². The molecule has 187 valence electrons. The van der Waals surface area contributed by atoms with E-state index in [1.54, 1.807) is 0 Å². The van der Waals surface area contributed by atoms with Crippen LogP contribution >= 0.6 is 0 Å². The summed E-state index contributed by atoms with van der Waals surface area (Å²) in [5.74, 6) is -0.0625. The molecule has 0 aliphatic carbocycles. The van der Waals surface area contributed by atoms with Crippen LogP contribution in [0.5, 0.6) is 0 Å². The molecule has 0 saturated heterocycles. The molecule has 1 aliphatic heterocycles. The molecule has 1 aliphatic rings. The van der Waals surface area contributed by atoms with Crippen LogP contribution in [0.15, 0.2) is 90.7 Å². The molecule has 0 fully saturated rings. The van der Waals surface area contributed by atoms with Crippen molar-refractivity contribution in [3.05, 3.63) is 103 Å². The van der Waals surface area contributed by atoms with Crippen molar-refractivity contribution in [1.29, 1.82) is 0 Å². The molecule has 0 amide bonds. The Bertz CT molecular complexity index is 1720. The van der Waals surface area contributed by atoms with Crippen LogP contribution in [0.2, 0.25) is 0 Å². The summed E-state index contributed by atoms with van der Waals surface area (Å²) in [6.07, 6.45) is 1.17. The number of aromatic nitrogens is 1. The minimum absolute atomic E-state index is 0. The first-order valence-electron chi connectivity index (χ1n) is 11.9. The second kappa shape index (κ2) is 9.55. The van der Waals surface area contributed by atoms with Crippen molar-refractivity contribution < 1.29 is 30.0 Å². The van der Waals surface area contributed by atoms with Crippen molar-refractivity contribution in [3.63, 3.8) is 0 Å². The van der Waals surface area contributed by atoms with Crippen LogP contribution in [-0.4, -0.2) is 22.3 Å². The summed E-state index contributed by atoms with van der Waals surface area (Å²) < 4.78 is 2.39. The van der Waals surface area contributed by atoms with Gasteiger partial charge in [0, 0.05) is 48.6 Å². The predicted molar refractivity (Wildman–Crippen MR) is 148 cm³/mol. The molecular weight excluding hydrogens is 639 g/mol. The number of ketones is 1. The average Bonchev–Trinajstić information content (AvgIpc) is 3.50. The number of anilines is 3. The van der Waals surface area contributed by atoms with Crippen LogP contribution in [-0.2, 0) is 24.9 Å². The molecule has 5 nitrogen and oxygen atoms in total. The van der Waals surface area contributed by atoms with E-state index < -0.39 is 0 Å². The van der Waals surface area contributed by atoms with Gasteiger partial charge in [-0.05, 0) is 56.1 Å². The molecule has 3 heterocycles. The summed E-state index contributed by atoms with van der Waals surface area (Å²) in [5, 5.41) is 13.4. The van der Waals surface area contributed by atoms with Gasteiger partial charge in [-0.3, -0.25) is 4.79 Å². The van der Waals surface area contributed by atoms with Crippen LogP contribution in [0.1, 0.15) is 13.8 Å². The maximum absolute atomic E-state index is 10.0. The zero-order valence-corrected chi connectivity index (χ0v) is 23.1. The van der Waals surface area contributed by atoms with Crippen molar-refractivity contribution in [2.24, 2.45) is 0 Å². The third-order valence-corrected chi connectivity index (χ3v) is 6.58. The van der Waals surface area contributed by atoms with Gasteiger partial charge in [-0.15, -0.1) is 17.5 Å². The normalized spacial score (nSPS) is 13.2. The van der Waals surface area contributed by atoms with Gasteiger partial charge in [0.15, 0.2) is 5.78 Å².